The number of fused-ring (bicyclic) bond motifs is 1. The predicted molar refractivity (Wildman–Crippen MR) is 74.3 cm³/mol. The number of halogens is 3. The van der Waals surface area contributed by atoms with E-state index in [0.29, 0.717) is 0 Å². The summed E-state index contributed by atoms with van der Waals surface area (Å²) in [5.41, 5.74) is -1.08. The van der Waals surface area contributed by atoms with Crippen molar-refractivity contribution in [3.05, 3.63) is 18.1 Å². The average Bonchev–Trinajstić information content (AvgIpc) is 3.00. The van der Waals surface area contributed by atoms with Gasteiger partial charge in [0.15, 0.2) is 11.8 Å². The maximum absolute atomic E-state index is 13.1. The molecule has 2 atom stereocenters. The van der Waals surface area contributed by atoms with Crippen molar-refractivity contribution in [1.82, 2.24) is 19.6 Å². The zero-order valence-electron chi connectivity index (χ0n) is 12.8. The molecule has 3 heterocycles. The summed E-state index contributed by atoms with van der Waals surface area (Å²) in [5.74, 6) is -0.631. The molecule has 2 aromatic rings. The third-order valence-electron chi connectivity index (χ3n) is 3.57. The van der Waals surface area contributed by atoms with E-state index in [9.17, 15) is 18.0 Å². The van der Waals surface area contributed by atoms with E-state index in [4.69, 9.17) is 4.74 Å². The van der Waals surface area contributed by atoms with Crippen LogP contribution >= 0.6 is 0 Å². The maximum Gasteiger partial charge on any atom is 0.433 e. The lowest BCUT2D eigenvalue weighted by Crippen LogP contribution is -2.50. The molecule has 1 saturated heterocycles. The Morgan fingerprint density at radius 3 is 2.83 bits per heavy atom. The fourth-order valence-electron chi connectivity index (χ4n) is 2.57. The molecule has 3 rings (SSSR count). The van der Waals surface area contributed by atoms with Gasteiger partial charge in [-0.15, -0.1) is 0 Å². The van der Waals surface area contributed by atoms with Crippen molar-refractivity contribution in [3.8, 4) is 0 Å². The van der Waals surface area contributed by atoms with Gasteiger partial charge in [-0.2, -0.15) is 27.8 Å². The van der Waals surface area contributed by atoms with Crippen LogP contribution in [0.2, 0.25) is 0 Å². The summed E-state index contributed by atoms with van der Waals surface area (Å²) in [6.07, 6.45) is -4.79. The lowest BCUT2D eigenvalue weighted by molar-refractivity contribution is -0.158. The number of esters is 1. The third-order valence-corrected chi connectivity index (χ3v) is 3.57. The van der Waals surface area contributed by atoms with Crippen molar-refractivity contribution >= 4 is 17.6 Å². The first-order chi connectivity index (χ1) is 11.3. The van der Waals surface area contributed by atoms with Crippen LogP contribution in [0.3, 0.4) is 0 Å². The largest absolute Gasteiger partial charge is 0.467 e. The highest BCUT2D eigenvalue weighted by molar-refractivity contribution is 5.75. The fraction of sp³-hybridized carbons (Fsp3) is 0.538. The van der Waals surface area contributed by atoms with Crippen molar-refractivity contribution in [2.45, 2.75) is 25.3 Å². The number of carbonyl (C=O) groups excluding carboxylic acids is 1. The first-order valence-corrected chi connectivity index (χ1v) is 7.06. The van der Waals surface area contributed by atoms with E-state index < -0.39 is 23.9 Å². The number of carbonyl (C=O) groups is 1. The Morgan fingerprint density at radius 2 is 2.17 bits per heavy atom. The van der Waals surface area contributed by atoms with Crippen LogP contribution in [-0.2, 0) is 20.4 Å². The summed E-state index contributed by atoms with van der Waals surface area (Å²) in [5, 5.41) is 3.91. The molecule has 11 heteroatoms. The summed E-state index contributed by atoms with van der Waals surface area (Å²) < 4.78 is 50.5. The topological polar surface area (TPSA) is 81.9 Å². The van der Waals surface area contributed by atoms with Gasteiger partial charge in [-0.25, -0.2) is 9.78 Å². The number of hydrogen-bond acceptors (Lipinski definition) is 7. The fourth-order valence-corrected chi connectivity index (χ4v) is 2.57. The van der Waals surface area contributed by atoms with Gasteiger partial charge in [-0.1, -0.05) is 0 Å². The lowest BCUT2D eigenvalue weighted by atomic mass is 10.2. The van der Waals surface area contributed by atoms with Gasteiger partial charge < -0.3 is 14.4 Å². The van der Waals surface area contributed by atoms with E-state index in [1.165, 1.54) is 11.6 Å². The Bertz CT molecular complexity index is 763. The Balaban J connectivity index is 2.04. The first-order valence-electron chi connectivity index (χ1n) is 7.06. The normalized spacial score (nSPS) is 22.0. The van der Waals surface area contributed by atoms with Crippen molar-refractivity contribution < 1.29 is 27.4 Å². The van der Waals surface area contributed by atoms with E-state index in [2.05, 4.69) is 19.8 Å². The number of methoxy groups -OCH3 is 1. The van der Waals surface area contributed by atoms with Gasteiger partial charge in [0.25, 0.3) is 5.78 Å². The lowest BCUT2D eigenvalue weighted by Gasteiger charge is -2.36. The number of morpholine rings is 1. The van der Waals surface area contributed by atoms with Crippen LogP contribution in [0.15, 0.2) is 12.4 Å². The zero-order valence-corrected chi connectivity index (χ0v) is 12.8. The molecule has 2 aromatic heterocycles. The molecular weight excluding hydrogens is 331 g/mol. The van der Waals surface area contributed by atoms with Crippen LogP contribution in [0.1, 0.15) is 12.6 Å². The third kappa shape index (κ3) is 2.98. The van der Waals surface area contributed by atoms with Gasteiger partial charge in [-0.05, 0) is 6.92 Å². The highest BCUT2D eigenvalue weighted by Crippen LogP contribution is 2.31. The molecule has 0 spiro atoms. The van der Waals surface area contributed by atoms with Crippen LogP contribution in [0.25, 0.3) is 5.78 Å². The van der Waals surface area contributed by atoms with Gasteiger partial charge in [0, 0.05) is 12.6 Å². The van der Waals surface area contributed by atoms with Crippen LogP contribution in [0.4, 0.5) is 19.0 Å². The van der Waals surface area contributed by atoms with Crippen LogP contribution < -0.4 is 4.90 Å². The zero-order chi connectivity index (χ0) is 17.5. The second-order valence-electron chi connectivity index (χ2n) is 5.33. The molecule has 0 saturated carbocycles. The number of nitrogens with zero attached hydrogens (tertiary/aromatic N) is 5. The van der Waals surface area contributed by atoms with Gasteiger partial charge in [0.2, 0.25) is 0 Å². The van der Waals surface area contributed by atoms with Crippen LogP contribution in [0, 0.1) is 0 Å². The minimum atomic E-state index is -4.62. The van der Waals surface area contributed by atoms with E-state index >= 15 is 0 Å². The highest BCUT2D eigenvalue weighted by atomic mass is 19.4. The van der Waals surface area contributed by atoms with Gasteiger partial charge in [0.05, 0.1) is 19.8 Å². The van der Waals surface area contributed by atoms with Gasteiger partial charge >= 0.3 is 12.1 Å². The monoisotopic (exact) mass is 345 g/mol. The Kier molecular flexibility index (Phi) is 4.03. The quantitative estimate of drug-likeness (QED) is 0.748. The van der Waals surface area contributed by atoms with Crippen LogP contribution in [0.5, 0.6) is 0 Å². The van der Waals surface area contributed by atoms with Crippen molar-refractivity contribution in [2.75, 3.05) is 25.1 Å². The van der Waals surface area contributed by atoms with E-state index in [1.807, 2.05) is 0 Å². The minimum absolute atomic E-state index is 0.0350. The number of rotatable bonds is 2. The van der Waals surface area contributed by atoms with Gasteiger partial charge in [-0.3, -0.25) is 0 Å². The highest BCUT2D eigenvalue weighted by Gasteiger charge is 2.37. The molecule has 0 aliphatic carbocycles. The number of alkyl halides is 3. The molecule has 0 aromatic carbocycles. The number of anilines is 1. The Hall–Kier alpha value is -2.43. The molecule has 0 bridgehead atoms. The minimum Gasteiger partial charge on any atom is -0.467 e. The second kappa shape index (κ2) is 5.89. The van der Waals surface area contributed by atoms with Crippen molar-refractivity contribution in [1.29, 1.82) is 0 Å². The molecule has 130 valence electrons. The second-order valence-corrected chi connectivity index (χ2v) is 5.33. The summed E-state index contributed by atoms with van der Waals surface area (Å²) in [6.45, 7) is 2.03. The molecular formula is C13H14F3N5O3. The number of ether oxygens (including phenoxy) is 2. The number of aromatic nitrogens is 4. The number of hydrogen-bond donors (Lipinski definition) is 0. The summed E-state index contributed by atoms with van der Waals surface area (Å²) in [4.78, 5) is 20.5. The van der Waals surface area contributed by atoms with E-state index in [-0.39, 0.29) is 30.8 Å². The maximum atomic E-state index is 13.1. The van der Waals surface area contributed by atoms with E-state index in [0.717, 1.165) is 12.4 Å². The summed E-state index contributed by atoms with van der Waals surface area (Å²) >= 11 is 0. The molecule has 1 unspecified atom stereocenters. The standard InChI is InChI=1S/C13H14F3N5O3/c1-7-4-20(5-8(24-7)11(22)23-2)10-3-9(13(14,15)16)19-12-17-6-18-21(10)12/h3,6-8H,4-5H2,1-2H3/t7-,8?/m1/s1. The van der Waals surface area contributed by atoms with E-state index in [1.54, 1.807) is 11.8 Å². The summed E-state index contributed by atoms with van der Waals surface area (Å²) in [7, 11) is 1.22. The molecule has 0 amide bonds. The average molecular weight is 345 g/mol. The smallest absolute Gasteiger partial charge is 0.433 e. The molecule has 0 N–H and O–H groups in total. The van der Waals surface area contributed by atoms with Crippen LogP contribution in [-0.4, -0.2) is 58.0 Å². The molecule has 1 aliphatic rings. The molecule has 1 fully saturated rings. The SMILES string of the molecule is COC(=O)C1CN(c2cc(C(F)(F)F)nc3ncnn23)C[C@@H](C)O1. The predicted octanol–water partition coefficient (Wildman–Crippen LogP) is 0.910. The van der Waals surface area contributed by atoms with Gasteiger partial charge in [0.1, 0.15) is 12.1 Å². The van der Waals surface area contributed by atoms with Crippen molar-refractivity contribution in [3.63, 3.8) is 0 Å². The summed E-state index contributed by atoms with van der Waals surface area (Å²) in [6, 6.07) is 0.883. The molecule has 0 radical (unpaired) electrons. The molecule has 24 heavy (non-hydrogen) atoms. The Labute approximate surface area is 134 Å². The van der Waals surface area contributed by atoms with Crippen molar-refractivity contribution in [2.24, 2.45) is 0 Å². The molecule has 1 aliphatic heterocycles. The Morgan fingerprint density at radius 1 is 1.42 bits per heavy atom. The molecule has 8 nitrogen and oxygen atoms in total. The first kappa shape index (κ1) is 16.4.